The van der Waals surface area contributed by atoms with E-state index in [1.54, 1.807) is 6.92 Å². The van der Waals surface area contributed by atoms with Gasteiger partial charge in [0.15, 0.2) is 17.5 Å². The number of esters is 1. The highest BCUT2D eigenvalue weighted by Crippen LogP contribution is 2.14. The number of ether oxygens (including phenoxy) is 1. The molecule has 0 aliphatic heterocycles. The van der Waals surface area contributed by atoms with Crippen LogP contribution in [-0.4, -0.2) is 22.4 Å². The van der Waals surface area contributed by atoms with Gasteiger partial charge in [-0.2, -0.15) is 5.10 Å². The molecule has 0 saturated heterocycles. The Hall–Kier alpha value is -2.31. The molecule has 2 rings (SSSR count). The number of hydrogen-bond donors (Lipinski definition) is 0. The van der Waals surface area contributed by atoms with Gasteiger partial charge in [0.2, 0.25) is 0 Å². The van der Waals surface area contributed by atoms with Gasteiger partial charge >= 0.3 is 5.97 Å². The molecule has 0 radical (unpaired) electrons. The Labute approximate surface area is 112 Å². The van der Waals surface area contributed by atoms with Crippen LogP contribution in [0.1, 0.15) is 22.8 Å². The SMILES string of the molecule is CCOC(=O)c1cnn(Cc2cc(F)c(F)c(F)c2)c1. The molecule has 0 aliphatic rings. The minimum atomic E-state index is -1.51. The molecule has 1 aromatic carbocycles. The van der Waals surface area contributed by atoms with Crippen molar-refractivity contribution in [2.24, 2.45) is 0 Å². The molecule has 0 amide bonds. The average molecular weight is 284 g/mol. The fourth-order valence-corrected chi connectivity index (χ4v) is 1.66. The molecule has 4 nitrogen and oxygen atoms in total. The molecule has 1 aromatic heterocycles. The number of carbonyl (C=O) groups is 1. The fraction of sp³-hybridized carbons (Fsp3) is 0.231. The average Bonchev–Trinajstić information content (AvgIpc) is 2.85. The first kappa shape index (κ1) is 14.1. The number of aromatic nitrogens is 2. The summed E-state index contributed by atoms with van der Waals surface area (Å²) >= 11 is 0. The molecule has 0 fully saturated rings. The van der Waals surface area contributed by atoms with E-state index in [-0.39, 0.29) is 24.3 Å². The summed E-state index contributed by atoms with van der Waals surface area (Å²) in [5.41, 5.74) is 0.426. The molecular weight excluding hydrogens is 273 g/mol. The zero-order chi connectivity index (χ0) is 14.7. The van der Waals surface area contributed by atoms with Gasteiger partial charge in [0.25, 0.3) is 0 Å². The van der Waals surface area contributed by atoms with Crippen LogP contribution in [0.4, 0.5) is 13.2 Å². The molecule has 0 saturated carbocycles. The number of nitrogens with zero attached hydrogens (tertiary/aromatic N) is 2. The molecule has 0 atom stereocenters. The summed E-state index contributed by atoms with van der Waals surface area (Å²) in [7, 11) is 0. The van der Waals surface area contributed by atoms with Crippen LogP contribution in [0.15, 0.2) is 24.5 Å². The van der Waals surface area contributed by atoms with Crippen molar-refractivity contribution in [2.45, 2.75) is 13.5 Å². The van der Waals surface area contributed by atoms with Crippen LogP contribution in [0, 0.1) is 17.5 Å². The van der Waals surface area contributed by atoms with Gasteiger partial charge in [-0.3, -0.25) is 4.68 Å². The summed E-state index contributed by atoms with van der Waals surface area (Å²) in [5, 5.41) is 3.87. The van der Waals surface area contributed by atoms with Crippen molar-refractivity contribution in [2.75, 3.05) is 6.61 Å². The van der Waals surface area contributed by atoms with E-state index in [9.17, 15) is 18.0 Å². The first-order valence-corrected chi connectivity index (χ1v) is 5.84. The van der Waals surface area contributed by atoms with Crippen molar-refractivity contribution < 1.29 is 22.7 Å². The molecule has 1 heterocycles. The van der Waals surface area contributed by atoms with Crippen LogP contribution in [-0.2, 0) is 11.3 Å². The summed E-state index contributed by atoms with van der Waals surface area (Å²) in [5.74, 6) is -4.58. The van der Waals surface area contributed by atoms with Gasteiger partial charge in [0, 0.05) is 6.20 Å². The van der Waals surface area contributed by atoms with Gasteiger partial charge in [-0.1, -0.05) is 0 Å². The third kappa shape index (κ3) is 2.98. The van der Waals surface area contributed by atoms with E-state index in [1.165, 1.54) is 17.1 Å². The second kappa shape index (κ2) is 5.77. The lowest BCUT2D eigenvalue weighted by molar-refractivity contribution is 0.0526. The highest BCUT2D eigenvalue weighted by Gasteiger charge is 2.13. The maximum Gasteiger partial charge on any atom is 0.341 e. The van der Waals surface area contributed by atoms with Crippen LogP contribution in [0.2, 0.25) is 0 Å². The number of rotatable bonds is 4. The van der Waals surface area contributed by atoms with Crippen LogP contribution in [0.3, 0.4) is 0 Å². The summed E-state index contributed by atoms with van der Waals surface area (Å²) in [4.78, 5) is 11.4. The monoisotopic (exact) mass is 284 g/mol. The molecule has 0 unspecified atom stereocenters. The van der Waals surface area contributed by atoms with Crippen molar-refractivity contribution in [1.29, 1.82) is 0 Å². The Morgan fingerprint density at radius 2 is 1.95 bits per heavy atom. The van der Waals surface area contributed by atoms with Crippen LogP contribution in [0.5, 0.6) is 0 Å². The normalized spacial score (nSPS) is 10.6. The number of carbonyl (C=O) groups excluding carboxylic acids is 1. The third-order valence-corrected chi connectivity index (χ3v) is 2.53. The summed E-state index contributed by atoms with van der Waals surface area (Å²) in [6.45, 7) is 1.91. The lowest BCUT2D eigenvalue weighted by Gasteiger charge is -2.03. The summed E-state index contributed by atoms with van der Waals surface area (Å²) in [6.07, 6.45) is 2.67. The Kier molecular flexibility index (Phi) is 4.07. The van der Waals surface area contributed by atoms with E-state index < -0.39 is 23.4 Å². The zero-order valence-electron chi connectivity index (χ0n) is 10.6. The van der Waals surface area contributed by atoms with E-state index in [1.807, 2.05) is 0 Å². The maximum atomic E-state index is 13.1. The highest BCUT2D eigenvalue weighted by atomic mass is 19.2. The van der Waals surface area contributed by atoms with Crippen LogP contribution < -0.4 is 0 Å². The second-order valence-electron chi connectivity index (χ2n) is 4.02. The fourth-order valence-electron chi connectivity index (χ4n) is 1.66. The predicted molar refractivity (Wildman–Crippen MR) is 63.6 cm³/mol. The lowest BCUT2D eigenvalue weighted by Crippen LogP contribution is -2.04. The van der Waals surface area contributed by atoms with E-state index >= 15 is 0 Å². The van der Waals surface area contributed by atoms with E-state index in [4.69, 9.17) is 4.74 Å². The van der Waals surface area contributed by atoms with Crippen LogP contribution in [0.25, 0.3) is 0 Å². The maximum absolute atomic E-state index is 13.1. The Morgan fingerprint density at radius 3 is 2.55 bits per heavy atom. The van der Waals surface area contributed by atoms with Gasteiger partial charge < -0.3 is 4.74 Å². The third-order valence-electron chi connectivity index (χ3n) is 2.53. The summed E-state index contributed by atoms with van der Waals surface area (Å²) < 4.78 is 45.0. The minimum absolute atomic E-state index is 0.00747. The number of hydrogen-bond acceptors (Lipinski definition) is 3. The first-order chi connectivity index (χ1) is 9.51. The van der Waals surface area contributed by atoms with Gasteiger partial charge in [-0.15, -0.1) is 0 Å². The number of halogens is 3. The smallest absolute Gasteiger partial charge is 0.341 e. The molecule has 20 heavy (non-hydrogen) atoms. The highest BCUT2D eigenvalue weighted by molar-refractivity contribution is 5.88. The van der Waals surface area contributed by atoms with Gasteiger partial charge in [0.05, 0.1) is 24.9 Å². The van der Waals surface area contributed by atoms with Crippen molar-refractivity contribution in [3.63, 3.8) is 0 Å². The Balaban J connectivity index is 2.17. The minimum Gasteiger partial charge on any atom is -0.462 e. The molecule has 7 heteroatoms. The summed E-state index contributed by atoms with van der Waals surface area (Å²) in [6, 6.07) is 1.76. The van der Waals surface area contributed by atoms with Crippen LogP contribution >= 0.6 is 0 Å². The van der Waals surface area contributed by atoms with Gasteiger partial charge in [0.1, 0.15) is 0 Å². The second-order valence-corrected chi connectivity index (χ2v) is 4.02. The lowest BCUT2D eigenvalue weighted by atomic mass is 10.2. The standard InChI is InChI=1S/C13H11F3N2O2/c1-2-20-13(19)9-5-17-18(7-9)6-8-3-10(14)12(16)11(15)4-8/h3-5,7H,2,6H2,1H3. The van der Waals surface area contributed by atoms with Crippen molar-refractivity contribution in [3.8, 4) is 0 Å². The molecule has 0 N–H and O–H groups in total. The Bertz CT molecular complexity index is 617. The molecule has 0 spiro atoms. The molecule has 106 valence electrons. The quantitative estimate of drug-likeness (QED) is 0.640. The first-order valence-electron chi connectivity index (χ1n) is 5.84. The van der Waals surface area contributed by atoms with E-state index in [2.05, 4.69) is 5.10 Å². The number of benzene rings is 1. The van der Waals surface area contributed by atoms with Crippen molar-refractivity contribution in [1.82, 2.24) is 9.78 Å². The van der Waals surface area contributed by atoms with Gasteiger partial charge in [-0.05, 0) is 24.6 Å². The predicted octanol–water partition coefficient (Wildman–Crippen LogP) is 2.53. The topological polar surface area (TPSA) is 44.1 Å². The van der Waals surface area contributed by atoms with E-state index in [0.29, 0.717) is 0 Å². The molecule has 2 aromatic rings. The zero-order valence-corrected chi connectivity index (χ0v) is 10.6. The van der Waals surface area contributed by atoms with Crippen molar-refractivity contribution in [3.05, 3.63) is 53.1 Å². The Morgan fingerprint density at radius 1 is 1.30 bits per heavy atom. The molecule has 0 bridgehead atoms. The molecule has 0 aliphatic carbocycles. The van der Waals surface area contributed by atoms with Crippen molar-refractivity contribution >= 4 is 5.97 Å². The largest absolute Gasteiger partial charge is 0.462 e. The van der Waals surface area contributed by atoms with Gasteiger partial charge in [-0.25, -0.2) is 18.0 Å². The molecular formula is C13H11F3N2O2. The van der Waals surface area contributed by atoms with E-state index in [0.717, 1.165) is 12.1 Å².